The first kappa shape index (κ1) is 11.2. The largest absolute Gasteiger partial charge is 0.396 e. The monoisotopic (exact) mass is 219 g/mol. The van der Waals surface area contributed by atoms with Gasteiger partial charge in [0.05, 0.1) is 12.5 Å². The van der Waals surface area contributed by atoms with Crippen molar-refractivity contribution in [3.05, 3.63) is 12.5 Å². The van der Waals surface area contributed by atoms with Gasteiger partial charge in [-0.1, -0.05) is 6.92 Å². The van der Waals surface area contributed by atoms with Crippen LogP contribution in [0.2, 0.25) is 0 Å². The average molecular weight is 219 g/mol. The molecule has 0 saturated carbocycles. The van der Waals surface area contributed by atoms with Crippen LogP contribution < -0.4 is 4.72 Å². The van der Waals surface area contributed by atoms with Gasteiger partial charge in [-0.2, -0.15) is 0 Å². The van der Waals surface area contributed by atoms with Crippen molar-refractivity contribution in [1.29, 1.82) is 0 Å². The Morgan fingerprint density at radius 1 is 1.71 bits per heavy atom. The number of nitrogens with zero attached hydrogens (tertiary/aromatic N) is 1. The van der Waals surface area contributed by atoms with E-state index in [9.17, 15) is 8.42 Å². The maximum atomic E-state index is 11.4. The van der Waals surface area contributed by atoms with Gasteiger partial charge in [-0.3, -0.25) is 0 Å². The summed E-state index contributed by atoms with van der Waals surface area (Å²) >= 11 is 0. The Hall–Kier alpha value is -0.920. The zero-order chi connectivity index (χ0) is 10.6. The van der Waals surface area contributed by atoms with Crippen LogP contribution in [0.15, 0.2) is 17.6 Å². The number of hydrogen-bond donors (Lipinski definition) is 3. The summed E-state index contributed by atoms with van der Waals surface area (Å²) in [5.74, 6) is -0.104. The Morgan fingerprint density at radius 2 is 2.43 bits per heavy atom. The summed E-state index contributed by atoms with van der Waals surface area (Å²) in [6.45, 7) is 1.90. The molecule has 0 saturated heterocycles. The number of aromatic amines is 1. The number of H-pyrrole nitrogens is 1. The van der Waals surface area contributed by atoms with Crippen LogP contribution in [0.4, 0.5) is 0 Å². The summed E-state index contributed by atoms with van der Waals surface area (Å²) in [7, 11) is -3.50. The maximum Gasteiger partial charge on any atom is 0.257 e. The Kier molecular flexibility index (Phi) is 3.62. The van der Waals surface area contributed by atoms with E-state index >= 15 is 0 Å². The van der Waals surface area contributed by atoms with Crippen LogP contribution in [0.3, 0.4) is 0 Å². The van der Waals surface area contributed by atoms with E-state index in [0.29, 0.717) is 0 Å². The Bertz CT molecular complexity index is 360. The highest BCUT2D eigenvalue weighted by atomic mass is 32.2. The van der Waals surface area contributed by atoms with E-state index in [2.05, 4.69) is 14.7 Å². The smallest absolute Gasteiger partial charge is 0.257 e. The fraction of sp³-hybridized carbons (Fsp3) is 0.571. The minimum atomic E-state index is -3.50. The van der Waals surface area contributed by atoms with Crippen LogP contribution in [0.25, 0.3) is 0 Å². The normalized spacial score (nSPS) is 14.1. The molecule has 0 spiro atoms. The summed E-state index contributed by atoms with van der Waals surface area (Å²) in [5, 5.41) is 8.74. The highest BCUT2D eigenvalue weighted by Gasteiger charge is 2.15. The molecule has 1 unspecified atom stereocenters. The van der Waals surface area contributed by atoms with E-state index in [1.54, 1.807) is 6.92 Å². The van der Waals surface area contributed by atoms with Crippen molar-refractivity contribution < 1.29 is 13.5 Å². The first-order chi connectivity index (χ1) is 6.56. The number of rotatable bonds is 5. The van der Waals surface area contributed by atoms with Crippen LogP contribution in [0.5, 0.6) is 0 Å². The Balaban J connectivity index is 2.60. The van der Waals surface area contributed by atoms with Gasteiger partial charge in [-0.25, -0.2) is 18.1 Å². The number of aliphatic hydroxyl groups excluding tert-OH is 1. The lowest BCUT2D eigenvalue weighted by Gasteiger charge is -2.08. The van der Waals surface area contributed by atoms with Crippen LogP contribution in [0, 0.1) is 5.92 Å². The molecule has 0 aliphatic carbocycles. The number of aromatic nitrogens is 2. The molecule has 0 amide bonds. The fourth-order valence-corrected chi connectivity index (χ4v) is 1.85. The molecule has 0 fully saturated rings. The van der Waals surface area contributed by atoms with Crippen molar-refractivity contribution in [3.63, 3.8) is 0 Å². The lowest BCUT2D eigenvalue weighted by Crippen LogP contribution is -2.29. The topological polar surface area (TPSA) is 95.1 Å². The predicted octanol–water partition coefficient (Wildman–Crippen LogP) is -0.684. The minimum Gasteiger partial charge on any atom is -0.396 e. The third kappa shape index (κ3) is 2.79. The van der Waals surface area contributed by atoms with Crippen molar-refractivity contribution in [2.24, 2.45) is 5.92 Å². The van der Waals surface area contributed by atoms with Gasteiger partial charge in [0.2, 0.25) is 0 Å². The van der Waals surface area contributed by atoms with Crippen LogP contribution in [0.1, 0.15) is 6.92 Å². The molecule has 6 nitrogen and oxygen atoms in total. The maximum absolute atomic E-state index is 11.4. The lowest BCUT2D eigenvalue weighted by atomic mass is 10.2. The zero-order valence-corrected chi connectivity index (χ0v) is 8.58. The zero-order valence-electron chi connectivity index (χ0n) is 7.77. The molecule has 1 aromatic heterocycles. The minimum absolute atomic E-state index is 0.0302. The number of nitrogens with one attached hydrogen (secondary N) is 2. The van der Waals surface area contributed by atoms with Gasteiger partial charge < -0.3 is 10.1 Å². The molecule has 14 heavy (non-hydrogen) atoms. The first-order valence-electron chi connectivity index (χ1n) is 4.15. The molecule has 1 rings (SSSR count). The number of aliphatic hydroxyl groups is 1. The first-order valence-corrected chi connectivity index (χ1v) is 5.63. The van der Waals surface area contributed by atoms with Gasteiger partial charge in [-0.05, 0) is 5.92 Å². The fourth-order valence-electron chi connectivity index (χ4n) is 0.784. The van der Waals surface area contributed by atoms with E-state index < -0.39 is 10.0 Å². The number of imidazole rings is 1. The van der Waals surface area contributed by atoms with Gasteiger partial charge in [0.1, 0.15) is 0 Å². The van der Waals surface area contributed by atoms with Crippen LogP contribution in [-0.2, 0) is 10.0 Å². The van der Waals surface area contributed by atoms with E-state index in [1.165, 1.54) is 12.5 Å². The van der Waals surface area contributed by atoms with Crippen molar-refractivity contribution >= 4 is 10.0 Å². The molecule has 0 aromatic carbocycles. The predicted molar refractivity (Wildman–Crippen MR) is 50.0 cm³/mol. The number of sulfonamides is 1. The molecular weight excluding hydrogens is 206 g/mol. The van der Waals surface area contributed by atoms with Gasteiger partial charge in [0.25, 0.3) is 10.0 Å². The quantitative estimate of drug-likeness (QED) is 0.611. The molecule has 1 atom stereocenters. The van der Waals surface area contributed by atoms with Gasteiger partial charge in [0.15, 0.2) is 5.03 Å². The van der Waals surface area contributed by atoms with Crippen molar-refractivity contribution in [2.45, 2.75) is 11.9 Å². The summed E-state index contributed by atoms with van der Waals surface area (Å²) in [4.78, 5) is 6.11. The molecule has 1 aromatic rings. The molecule has 3 N–H and O–H groups in total. The standard InChI is InChI=1S/C7H13N3O3S/c1-6(4-11)2-10-14(12,13)7-3-8-5-9-7/h3,5-6,10-11H,2,4H2,1H3,(H,8,9). The molecular formula is C7H13N3O3S. The van der Waals surface area contributed by atoms with Gasteiger partial charge >= 0.3 is 0 Å². The Morgan fingerprint density at radius 3 is 2.93 bits per heavy atom. The molecule has 0 bridgehead atoms. The van der Waals surface area contributed by atoms with E-state index in [0.717, 1.165) is 0 Å². The molecule has 0 radical (unpaired) electrons. The molecule has 7 heteroatoms. The average Bonchev–Trinajstić information content (AvgIpc) is 2.67. The second-order valence-electron chi connectivity index (χ2n) is 3.06. The molecule has 0 aliphatic heterocycles. The second-order valence-corrected chi connectivity index (χ2v) is 4.79. The third-order valence-corrected chi connectivity index (χ3v) is 3.05. The summed E-state index contributed by atoms with van der Waals surface area (Å²) in [5.41, 5.74) is 0. The third-order valence-electron chi connectivity index (χ3n) is 1.70. The van der Waals surface area contributed by atoms with Crippen LogP contribution >= 0.6 is 0 Å². The number of hydrogen-bond acceptors (Lipinski definition) is 4. The molecule has 0 aliphatic rings. The SMILES string of the molecule is CC(CO)CNS(=O)(=O)c1cnc[nH]1. The van der Waals surface area contributed by atoms with Gasteiger partial charge in [0, 0.05) is 13.2 Å². The molecule has 1 heterocycles. The van der Waals surface area contributed by atoms with E-state index in [-0.39, 0.29) is 24.1 Å². The van der Waals surface area contributed by atoms with Crippen LogP contribution in [-0.4, -0.2) is 36.6 Å². The second kappa shape index (κ2) is 4.54. The molecule has 80 valence electrons. The van der Waals surface area contributed by atoms with Gasteiger partial charge in [-0.15, -0.1) is 0 Å². The van der Waals surface area contributed by atoms with E-state index in [4.69, 9.17) is 5.11 Å². The highest BCUT2D eigenvalue weighted by molar-refractivity contribution is 7.89. The summed E-state index contributed by atoms with van der Waals surface area (Å²) in [6.07, 6.45) is 2.52. The van der Waals surface area contributed by atoms with Crippen molar-refractivity contribution in [2.75, 3.05) is 13.2 Å². The van der Waals surface area contributed by atoms with Crippen molar-refractivity contribution in [1.82, 2.24) is 14.7 Å². The van der Waals surface area contributed by atoms with Crippen molar-refractivity contribution in [3.8, 4) is 0 Å². The Labute approximate surface area is 82.4 Å². The summed E-state index contributed by atoms with van der Waals surface area (Å²) < 4.78 is 25.3. The van der Waals surface area contributed by atoms with E-state index in [1.807, 2.05) is 0 Å². The highest BCUT2D eigenvalue weighted by Crippen LogP contribution is 2.02. The lowest BCUT2D eigenvalue weighted by molar-refractivity contribution is 0.238. The summed E-state index contributed by atoms with van der Waals surface area (Å²) in [6, 6.07) is 0.